The number of methoxy groups -OCH3 is 1. The minimum absolute atomic E-state index is 0. The fourth-order valence-electron chi connectivity index (χ4n) is 2.83. The molecule has 2 N–H and O–H groups in total. The van der Waals surface area contributed by atoms with Crippen LogP contribution in [0.2, 0.25) is 0 Å². The van der Waals surface area contributed by atoms with Gasteiger partial charge in [0, 0.05) is 25.2 Å². The van der Waals surface area contributed by atoms with Gasteiger partial charge >= 0.3 is 0 Å². The molecule has 3 atom stereocenters. The average molecular weight is 299 g/mol. The van der Waals surface area contributed by atoms with Crippen molar-refractivity contribution in [1.29, 1.82) is 0 Å². The highest BCUT2D eigenvalue weighted by molar-refractivity contribution is 7.90. The van der Waals surface area contributed by atoms with Gasteiger partial charge in [0.15, 0.2) is 0 Å². The van der Waals surface area contributed by atoms with Crippen LogP contribution in [-0.2, 0) is 14.8 Å². The molecule has 0 radical (unpaired) electrons. The van der Waals surface area contributed by atoms with Gasteiger partial charge in [-0.2, -0.15) is 0 Å². The first-order valence-corrected chi connectivity index (χ1v) is 7.82. The van der Waals surface area contributed by atoms with Crippen LogP contribution in [0, 0.1) is 0 Å². The molecule has 2 heterocycles. The average Bonchev–Trinajstić information content (AvgIpc) is 2.58. The van der Waals surface area contributed by atoms with Crippen molar-refractivity contribution in [1.82, 2.24) is 10.0 Å². The fraction of sp³-hybridized carbons (Fsp3) is 1.00. The Morgan fingerprint density at radius 3 is 2.39 bits per heavy atom. The summed E-state index contributed by atoms with van der Waals surface area (Å²) in [6, 6.07) is 1.09. The van der Waals surface area contributed by atoms with E-state index in [9.17, 15) is 8.42 Å². The molecule has 0 aromatic carbocycles. The van der Waals surface area contributed by atoms with Gasteiger partial charge in [-0.05, 0) is 32.6 Å². The van der Waals surface area contributed by atoms with Crippen molar-refractivity contribution < 1.29 is 13.2 Å². The Balaban J connectivity index is 0.00000162. The molecule has 2 saturated heterocycles. The smallest absolute Gasteiger partial charge is 0.216 e. The maximum Gasteiger partial charge on any atom is 0.216 e. The third-order valence-corrected chi connectivity index (χ3v) is 5.59. The predicted octanol–water partition coefficient (Wildman–Crippen LogP) is 0.645. The Labute approximate surface area is 116 Å². The SMILES string of the molecule is COCC(C)S(=O)(=O)NC1CC2CCC(C1)N2.Cl. The van der Waals surface area contributed by atoms with Crippen LogP contribution in [0.1, 0.15) is 32.6 Å². The lowest BCUT2D eigenvalue weighted by Crippen LogP contribution is -2.50. The van der Waals surface area contributed by atoms with Crippen molar-refractivity contribution in [2.24, 2.45) is 0 Å². The van der Waals surface area contributed by atoms with E-state index in [0.29, 0.717) is 12.1 Å². The molecule has 2 aliphatic heterocycles. The number of piperidine rings is 1. The summed E-state index contributed by atoms with van der Waals surface area (Å²) >= 11 is 0. The minimum atomic E-state index is -3.24. The number of hydrogen-bond donors (Lipinski definition) is 2. The van der Waals surface area contributed by atoms with Crippen molar-refractivity contribution in [3.05, 3.63) is 0 Å². The molecular weight excluding hydrogens is 276 g/mol. The molecule has 2 aliphatic rings. The first-order chi connectivity index (χ1) is 8.01. The molecule has 5 nitrogen and oxygen atoms in total. The number of rotatable bonds is 5. The maximum atomic E-state index is 12.0. The van der Waals surface area contributed by atoms with E-state index in [0.717, 1.165) is 12.8 Å². The number of fused-ring (bicyclic) bond motifs is 2. The Hall–Kier alpha value is 0.120. The lowest BCUT2D eigenvalue weighted by atomic mass is 10.0. The molecule has 2 bridgehead atoms. The van der Waals surface area contributed by atoms with Crippen molar-refractivity contribution in [2.75, 3.05) is 13.7 Å². The summed E-state index contributed by atoms with van der Waals surface area (Å²) in [6.45, 7) is 1.93. The first-order valence-electron chi connectivity index (χ1n) is 6.27. The number of nitrogens with one attached hydrogen (secondary N) is 2. The Morgan fingerprint density at radius 2 is 1.89 bits per heavy atom. The van der Waals surface area contributed by atoms with E-state index < -0.39 is 15.3 Å². The van der Waals surface area contributed by atoms with Crippen LogP contribution >= 0.6 is 12.4 Å². The van der Waals surface area contributed by atoms with Crippen molar-refractivity contribution >= 4 is 22.4 Å². The summed E-state index contributed by atoms with van der Waals surface area (Å²) in [7, 11) is -1.72. The zero-order valence-corrected chi connectivity index (χ0v) is 12.5. The molecule has 0 aromatic heterocycles. The second-order valence-corrected chi connectivity index (χ2v) is 7.37. The summed E-state index contributed by atoms with van der Waals surface area (Å²) in [5, 5.41) is 3.01. The highest BCUT2D eigenvalue weighted by atomic mass is 35.5. The van der Waals surface area contributed by atoms with Gasteiger partial charge in [0.2, 0.25) is 10.0 Å². The summed E-state index contributed by atoms with van der Waals surface area (Å²) in [6.07, 6.45) is 4.18. The van der Waals surface area contributed by atoms with Crippen LogP contribution < -0.4 is 10.0 Å². The largest absolute Gasteiger partial charge is 0.383 e. The van der Waals surface area contributed by atoms with Crippen LogP contribution in [0.4, 0.5) is 0 Å². The quantitative estimate of drug-likeness (QED) is 0.782. The monoisotopic (exact) mass is 298 g/mol. The Kier molecular flexibility index (Phi) is 5.86. The van der Waals surface area contributed by atoms with Gasteiger partial charge in [0.05, 0.1) is 11.9 Å². The highest BCUT2D eigenvalue weighted by Gasteiger charge is 2.36. The summed E-state index contributed by atoms with van der Waals surface area (Å²) in [5.74, 6) is 0. The fourth-order valence-corrected chi connectivity index (χ4v) is 4.03. The molecule has 18 heavy (non-hydrogen) atoms. The molecule has 2 rings (SSSR count). The first kappa shape index (κ1) is 16.2. The van der Waals surface area contributed by atoms with Gasteiger partial charge in [-0.1, -0.05) is 0 Å². The number of hydrogen-bond acceptors (Lipinski definition) is 4. The minimum Gasteiger partial charge on any atom is -0.383 e. The molecule has 7 heteroatoms. The molecule has 3 unspecified atom stereocenters. The predicted molar refractivity (Wildman–Crippen MR) is 73.6 cm³/mol. The maximum absolute atomic E-state index is 12.0. The van der Waals surface area contributed by atoms with Gasteiger partial charge in [0.1, 0.15) is 0 Å². The topological polar surface area (TPSA) is 67.4 Å². The standard InChI is InChI=1S/C11H22N2O3S.ClH/c1-8(7-16-2)17(14,15)13-11-5-9-3-4-10(6-11)12-9;/h8-13H,3-7H2,1-2H3;1H. The molecule has 0 saturated carbocycles. The normalized spacial score (nSPS) is 32.9. The van der Waals surface area contributed by atoms with E-state index in [1.165, 1.54) is 20.0 Å². The van der Waals surface area contributed by atoms with Crippen molar-refractivity contribution in [3.8, 4) is 0 Å². The summed E-state index contributed by atoms with van der Waals surface area (Å²) < 4.78 is 31.8. The van der Waals surface area contributed by atoms with E-state index in [-0.39, 0.29) is 25.1 Å². The van der Waals surface area contributed by atoms with E-state index in [2.05, 4.69) is 10.0 Å². The number of halogens is 1. The van der Waals surface area contributed by atoms with Crippen molar-refractivity contribution in [3.63, 3.8) is 0 Å². The van der Waals surface area contributed by atoms with E-state index in [4.69, 9.17) is 4.74 Å². The van der Waals surface area contributed by atoms with Gasteiger partial charge in [-0.15, -0.1) is 12.4 Å². The zero-order chi connectivity index (χ0) is 12.5. The van der Waals surface area contributed by atoms with Crippen molar-refractivity contribution in [2.45, 2.75) is 56.0 Å². The molecule has 2 fully saturated rings. The van der Waals surface area contributed by atoms with Gasteiger partial charge < -0.3 is 10.1 Å². The van der Waals surface area contributed by atoms with Crippen LogP contribution in [0.3, 0.4) is 0 Å². The zero-order valence-electron chi connectivity index (χ0n) is 10.9. The number of ether oxygens (including phenoxy) is 1. The second kappa shape index (κ2) is 6.52. The van der Waals surface area contributed by atoms with Gasteiger partial charge in [-0.3, -0.25) is 0 Å². The second-order valence-electron chi connectivity index (χ2n) is 5.24. The van der Waals surface area contributed by atoms with Crippen LogP contribution in [0.15, 0.2) is 0 Å². The number of sulfonamides is 1. The molecule has 108 valence electrons. The molecule has 0 aliphatic carbocycles. The molecule has 0 aromatic rings. The van der Waals surface area contributed by atoms with Gasteiger partial charge in [-0.25, -0.2) is 13.1 Å². The summed E-state index contributed by atoms with van der Waals surface area (Å²) in [4.78, 5) is 0. The van der Waals surface area contributed by atoms with E-state index >= 15 is 0 Å². The highest BCUT2D eigenvalue weighted by Crippen LogP contribution is 2.27. The third kappa shape index (κ3) is 3.81. The molecule has 0 amide bonds. The van der Waals surface area contributed by atoms with E-state index in [1.807, 2.05) is 0 Å². The van der Waals surface area contributed by atoms with E-state index in [1.54, 1.807) is 6.92 Å². The molecular formula is C11H23ClN2O3S. The lowest BCUT2D eigenvalue weighted by molar-refractivity contribution is 0.199. The van der Waals surface area contributed by atoms with Crippen LogP contribution in [0.5, 0.6) is 0 Å². The third-order valence-electron chi connectivity index (χ3n) is 3.74. The van der Waals surface area contributed by atoms with Crippen LogP contribution in [0.25, 0.3) is 0 Å². The Morgan fingerprint density at radius 1 is 1.33 bits per heavy atom. The lowest BCUT2D eigenvalue weighted by Gasteiger charge is -2.30. The molecule has 0 spiro atoms. The van der Waals surface area contributed by atoms with Crippen LogP contribution in [-0.4, -0.2) is 45.5 Å². The summed E-state index contributed by atoms with van der Waals surface area (Å²) in [5.41, 5.74) is 0. The van der Waals surface area contributed by atoms with Gasteiger partial charge in [0.25, 0.3) is 0 Å². The Bertz CT molecular complexity index is 351.